The molecule has 1 aromatic heterocycles. The van der Waals surface area contributed by atoms with E-state index in [4.69, 9.17) is 10.5 Å². The van der Waals surface area contributed by atoms with Gasteiger partial charge in [-0.15, -0.1) is 11.8 Å². The first kappa shape index (κ1) is 12.4. The molecule has 4 heteroatoms. The summed E-state index contributed by atoms with van der Waals surface area (Å²) in [5, 5.41) is 0.457. The maximum atomic E-state index is 5.85. The summed E-state index contributed by atoms with van der Waals surface area (Å²) in [5.74, 6) is 1.16. The predicted molar refractivity (Wildman–Crippen MR) is 78.7 cm³/mol. The lowest BCUT2D eigenvalue weighted by molar-refractivity contribution is 0.318. The van der Waals surface area contributed by atoms with Crippen molar-refractivity contribution < 1.29 is 4.74 Å². The van der Waals surface area contributed by atoms with Crippen molar-refractivity contribution in [3.8, 4) is 5.75 Å². The van der Waals surface area contributed by atoms with E-state index in [9.17, 15) is 0 Å². The number of hydrogen-bond acceptors (Lipinski definition) is 4. The van der Waals surface area contributed by atoms with Gasteiger partial charge < -0.3 is 10.5 Å². The second-order valence-electron chi connectivity index (χ2n) is 4.70. The van der Waals surface area contributed by atoms with Gasteiger partial charge in [0.15, 0.2) is 11.6 Å². The van der Waals surface area contributed by atoms with Crippen LogP contribution >= 0.6 is 11.8 Å². The Morgan fingerprint density at radius 1 is 1.32 bits per heavy atom. The van der Waals surface area contributed by atoms with Gasteiger partial charge in [0.2, 0.25) is 0 Å². The summed E-state index contributed by atoms with van der Waals surface area (Å²) in [6.07, 6.45) is 1.06. The fraction of sp³-hybridized carbons (Fsp3) is 0.267. The van der Waals surface area contributed by atoms with Crippen LogP contribution in [0.2, 0.25) is 0 Å². The van der Waals surface area contributed by atoms with Crippen LogP contribution in [0.3, 0.4) is 0 Å². The highest BCUT2D eigenvalue weighted by Gasteiger charge is 2.22. The molecule has 1 aromatic carbocycles. The van der Waals surface area contributed by atoms with Gasteiger partial charge in [0.1, 0.15) is 6.61 Å². The van der Waals surface area contributed by atoms with E-state index >= 15 is 0 Å². The number of ether oxygens (including phenoxy) is 1. The summed E-state index contributed by atoms with van der Waals surface area (Å²) in [6, 6.07) is 12.3. The van der Waals surface area contributed by atoms with Crippen LogP contribution in [0.4, 0.5) is 5.82 Å². The van der Waals surface area contributed by atoms with E-state index in [1.807, 2.05) is 30.8 Å². The number of aromatic nitrogens is 1. The highest BCUT2D eigenvalue weighted by molar-refractivity contribution is 8.00. The molecule has 1 atom stereocenters. The van der Waals surface area contributed by atoms with Crippen LogP contribution in [0, 0.1) is 6.92 Å². The molecule has 1 unspecified atom stereocenters. The molecule has 0 aliphatic carbocycles. The highest BCUT2D eigenvalue weighted by atomic mass is 32.2. The van der Waals surface area contributed by atoms with Gasteiger partial charge in [0, 0.05) is 15.8 Å². The van der Waals surface area contributed by atoms with Crippen LogP contribution in [0.15, 0.2) is 41.3 Å². The van der Waals surface area contributed by atoms with Crippen molar-refractivity contribution in [1.29, 1.82) is 0 Å². The van der Waals surface area contributed by atoms with E-state index in [1.54, 1.807) is 0 Å². The quantitative estimate of drug-likeness (QED) is 0.933. The standard InChI is InChI=1S/C15H16N2OS/c1-10-6-7-13(15(16)17-10)18-9-12-8-11-4-2-3-5-14(11)19-12/h2-7,12H,8-9H2,1H3,(H2,16,17). The smallest absolute Gasteiger partial charge is 0.166 e. The van der Waals surface area contributed by atoms with Gasteiger partial charge in [0.05, 0.1) is 0 Å². The Hall–Kier alpha value is -1.68. The SMILES string of the molecule is Cc1ccc(OCC2Cc3ccccc3S2)c(N)n1. The zero-order chi connectivity index (χ0) is 13.2. The number of pyridine rings is 1. The number of hydrogen-bond donors (Lipinski definition) is 1. The molecular weight excluding hydrogens is 256 g/mol. The van der Waals surface area contributed by atoms with Gasteiger partial charge in [0.25, 0.3) is 0 Å². The number of fused-ring (bicyclic) bond motifs is 1. The lowest BCUT2D eigenvalue weighted by Crippen LogP contribution is -2.14. The Balaban J connectivity index is 1.63. The molecule has 2 N–H and O–H groups in total. The molecule has 2 aromatic rings. The van der Waals surface area contributed by atoms with E-state index in [2.05, 4.69) is 29.2 Å². The number of aryl methyl sites for hydroxylation is 1. The lowest BCUT2D eigenvalue weighted by Gasteiger charge is -2.12. The highest BCUT2D eigenvalue weighted by Crippen LogP contribution is 2.37. The maximum Gasteiger partial charge on any atom is 0.166 e. The zero-order valence-electron chi connectivity index (χ0n) is 10.8. The van der Waals surface area contributed by atoms with Gasteiger partial charge in [-0.25, -0.2) is 4.98 Å². The average Bonchev–Trinajstić information content (AvgIpc) is 2.80. The number of rotatable bonds is 3. The molecule has 1 aliphatic heterocycles. The van der Waals surface area contributed by atoms with Gasteiger partial charge in [-0.2, -0.15) is 0 Å². The van der Waals surface area contributed by atoms with Crippen molar-refractivity contribution in [2.45, 2.75) is 23.5 Å². The van der Waals surface area contributed by atoms with Crippen molar-refractivity contribution in [2.24, 2.45) is 0 Å². The number of thioether (sulfide) groups is 1. The molecule has 19 heavy (non-hydrogen) atoms. The lowest BCUT2D eigenvalue weighted by atomic mass is 10.1. The molecule has 1 aliphatic rings. The van der Waals surface area contributed by atoms with E-state index in [0.717, 1.165) is 12.1 Å². The summed E-state index contributed by atoms with van der Waals surface area (Å²) in [7, 11) is 0. The number of benzene rings is 1. The molecule has 0 saturated heterocycles. The minimum Gasteiger partial charge on any atom is -0.489 e. The summed E-state index contributed by atoms with van der Waals surface area (Å²) < 4.78 is 5.80. The number of anilines is 1. The van der Waals surface area contributed by atoms with Crippen LogP contribution in [0.25, 0.3) is 0 Å². The van der Waals surface area contributed by atoms with Crippen LogP contribution < -0.4 is 10.5 Å². The minimum atomic E-state index is 0.457. The van der Waals surface area contributed by atoms with Crippen LogP contribution in [0.1, 0.15) is 11.3 Å². The predicted octanol–water partition coefficient (Wildman–Crippen LogP) is 3.07. The third-order valence-electron chi connectivity index (χ3n) is 3.16. The molecule has 0 saturated carbocycles. The third-order valence-corrected chi connectivity index (χ3v) is 4.45. The first-order valence-corrected chi connectivity index (χ1v) is 7.21. The Morgan fingerprint density at radius 2 is 2.16 bits per heavy atom. The Morgan fingerprint density at radius 3 is 2.95 bits per heavy atom. The van der Waals surface area contributed by atoms with Crippen molar-refractivity contribution in [1.82, 2.24) is 4.98 Å². The molecule has 2 heterocycles. The molecular formula is C15H16N2OS. The summed E-state index contributed by atoms with van der Waals surface area (Å²) in [6.45, 7) is 2.58. The Bertz CT molecular complexity index is 575. The van der Waals surface area contributed by atoms with Crippen LogP contribution in [-0.2, 0) is 6.42 Å². The zero-order valence-corrected chi connectivity index (χ0v) is 11.6. The second-order valence-corrected chi connectivity index (χ2v) is 6.04. The fourth-order valence-electron chi connectivity index (χ4n) is 2.22. The summed E-state index contributed by atoms with van der Waals surface area (Å²) >= 11 is 1.88. The van der Waals surface area contributed by atoms with Crippen molar-refractivity contribution in [3.63, 3.8) is 0 Å². The fourth-order valence-corrected chi connectivity index (χ4v) is 3.43. The van der Waals surface area contributed by atoms with Crippen LogP contribution in [-0.4, -0.2) is 16.8 Å². The number of nitrogens with two attached hydrogens (primary N) is 1. The Labute approximate surface area is 117 Å². The van der Waals surface area contributed by atoms with E-state index in [1.165, 1.54) is 10.5 Å². The second kappa shape index (κ2) is 5.13. The van der Waals surface area contributed by atoms with Crippen molar-refractivity contribution in [2.75, 3.05) is 12.3 Å². The topological polar surface area (TPSA) is 48.1 Å². The summed E-state index contributed by atoms with van der Waals surface area (Å²) in [4.78, 5) is 5.57. The number of nitrogens with zero attached hydrogens (tertiary/aromatic N) is 1. The largest absolute Gasteiger partial charge is 0.489 e. The average molecular weight is 272 g/mol. The summed E-state index contributed by atoms with van der Waals surface area (Å²) in [5.41, 5.74) is 8.17. The van der Waals surface area contributed by atoms with E-state index < -0.39 is 0 Å². The van der Waals surface area contributed by atoms with Gasteiger partial charge in [-0.3, -0.25) is 0 Å². The molecule has 0 fully saturated rings. The first-order valence-electron chi connectivity index (χ1n) is 6.33. The molecule has 98 valence electrons. The first-order chi connectivity index (χ1) is 9.22. The monoisotopic (exact) mass is 272 g/mol. The third kappa shape index (κ3) is 2.68. The van der Waals surface area contributed by atoms with Crippen LogP contribution in [0.5, 0.6) is 5.75 Å². The normalized spacial score (nSPS) is 17.2. The molecule has 0 spiro atoms. The molecule has 0 radical (unpaired) electrons. The Kier molecular flexibility index (Phi) is 3.34. The minimum absolute atomic E-state index is 0.457. The molecule has 0 amide bonds. The van der Waals surface area contributed by atoms with E-state index in [-0.39, 0.29) is 0 Å². The maximum absolute atomic E-state index is 5.85. The molecule has 0 bridgehead atoms. The van der Waals surface area contributed by atoms with Gasteiger partial charge in [-0.1, -0.05) is 18.2 Å². The van der Waals surface area contributed by atoms with Gasteiger partial charge in [-0.05, 0) is 37.1 Å². The van der Waals surface area contributed by atoms with Crippen molar-refractivity contribution in [3.05, 3.63) is 47.7 Å². The number of nitrogen functional groups attached to an aromatic ring is 1. The van der Waals surface area contributed by atoms with E-state index in [0.29, 0.717) is 23.4 Å². The molecule has 3 rings (SSSR count). The molecule has 3 nitrogen and oxygen atoms in total. The van der Waals surface area contributed by atoms with Gasteiger partial charge >= 0.3 is 0 Å². The van der Waals surface area contributed by atoms with Crippen molar-refractivity contribution >= 4 is 17.6 Å².